The molecule has 0 unspecified atom stereocenters. The van der Waals surface area contributed by atoms with E-state index in [1.165, 1.54) is 23.4 Å². The maximum absolute atomic E-state index is 13.8. The summed E-state index contributed by atoms with van der Waals surface area (Å²) >= 11 is 0. The van der Waals surface area contributed by atoms with Gasteiger partial charge in [0.25, 0.3) is 0 Å². The van der Waals surface area contributed by atoms with Crippen LogP contribution in [0.1, 0.15) is 17.5 Å². The van der Waals surface area contributed by atoms with Crippen LogP contribution in [-0.4, -0.2) is 39.0 Å². The van der Waals surface area contributed by atoms with Gasteiger partial charge in [0.15, 0.2) is 0 Å². The van der Waals surface area contributed by atoms with Gasteiger partial charge in [0.2, 0.25) is 10.0 Å². The Morgan fingerprint density at radius 1 is 1.35 bits per heavy atom. The van der Waals surface area contributed by atoms with Crippen molar-refractivity contribution in [3.63, 3.8) is 0 Å². The van der Waals surface area contributed by atoms with Crippen molar-refractivity contribution in [1.29, 1.82) is 0 Å². The van der Waals surface area contributed by atoms with E-state index in [4.69, 9.17) is 10.5 Å². The molecule has 1 aliphatic heterocycles. The van der Waals surface area contributed by atoms with E-state index in [0.29, 0.717) is 31.7 Å². The molecule has 0 bridgehead atoms. The number of nitrogens with zero attached hydrogens (tertiary/aromatic N) is 1. The Morgan fingerprint density at radius 3 is 2.80 bits per heavy atom. The van der Waals surface area contributed by atoms with Crippen LogP contribution in [0, 0.1) is 12.7 Å². The van der Waals surface area contributed by atoms with Gasteiger partial charge in [0, 0.05) is 31.8 Å². The average molecular weight is 302 g/mol. The third-order valence-corrected chi connectivity index (χ3v) is 5.42. The van der Waals surface area contributed by atoms with E-state index in [1.54, 1.807) is 0 Å². The molecule has 7 heteroatoms. The van der Waals surface area contributed by atoms with E-state index in [-0.39, 0.29) is 23.5 Å². The van der Waals surface area contributed by atoms with Crippen molar-refractivity contribution in [2.45, 2.75) is 24.8 Å². The van der Waals surface area contributed by atoms with Crippen LogP contribution in [0.2, 0.25) is 0 Å². The lowest BCUT2D eigenvalue weighted by Gasteiger charge is -2.21. The normalized spacial score (nSPS) is 17.9. The van der Waals surface area contributed by atoms with Crippen LogP contribution in [-0.2, 0) is 21.3 Å². The Balaban J connectivity index is 2.45. The van der Waals surface area contributed by atoms with E-state index >= 15 is 0 Å². The lowest BCUT2D eigenvalue weighted by atomic mass is 10.1. The first-order valence-electron chi connectivity index (χ1n) is 6.54. The van der Waals surface area contributed by atoms with Crippen LogP contribution in [0.4, 0.5) is 4.39 Å². The van der Waals surface area contributed by atoms with E-state index < -0.39 is 15.8 Å². The van der Waals surface area contributed by atoms with Crippen molar-refractivity contribution in [1.82, 2.24) is 4.31 Å². The summed E-state index contributed by atoms with van der Waals surface area (Å²) in [6.07, 6.45) is 0.636. The Labute approximate surface area is 118 Å². The number of hydrogen-bond donors (Lipinski definition) is 1. The molecule has 0 aromatic heterocycles. The van der Waals surface area contributed by atoms with Gasteiger partial charge in [-0.05, 0) is 31.0 Å². The maximum Gasteiger partial charge on any atom is 0.243 e. The zero-order valence-electron chi connectivity index (χ0n) is 11.4. The summed E-state index contributed by atoms with van der Waals surface area (Å²) in [4.78, 5) is -0.000139. The van der Waals surface area contributed by atoms with E-state index in [0.717, 1.165) is 0 Å². The van der Waals surface area contributed by atoms with Gasteiger partial charge in [0.1, 0.15) is 5.82 Å². The molecule has 1 aromatic rings. The highest BCUT2D eigenvalue weighted by Crippen LogP contribution is 2.24. The van der Waals surface area contributed by atoms with E-state index in [9.17, 15) is 12.8 Å². The Hall–Kier alpha value is -1.02. The molecule has 1 aromatic carbocycles. The predicted octanol–water partition coefficient (Wildman–Crippen LogP) is 1.00. The summed E-state index contributed by atoms with van der Waals surface area (Å²) in [7, 11) is -3.71. The van der Waals surface area contributed by atoms with E-state index in [1.807, 2.05) is 0 Å². The number of benzene rings is 1. The van der Waals surface area contributed by atoms with Crippen molar-refractivity contribution >= 4 is 10.0 Å². The Kier molecular flexibility index (Phi) is 4.74. The molecule has 1 saturated heterocycles. The molecule has 0 amide bonds. The lowest BCUT2D eigenvalue weighted by molar-refractivity contribution is 0.148. The van der Waals surface area contributed by atoms with Crippen LogP contribution in [0.5, 0.6) is 0 Å². The van der Waals surface area contributed by atoms with Gasteiger partial charge in [-0.3, -0.25) is 0 Å². The molecular weight excluding hydrogens is 283 g/mol. The van der Waals surface area contributed by atoms with Crippen LogP contribution in [0.25, 0.3) is 0 Å². The minimum atomic E-state index is -3.71. The van der Waals surface area contributed by atoms with Crippen molar-refractivity contribution in [3.8, 4) is 0 Å². The van der Waals surface area contributed by atoms with E-state index in [2.05, 4.69) is 0 Å². The first-order chi connectivity index (χ1) is 9.46. The van der Waals surface area contributed by atoms with Crippen LogP contribution in [0.15, 0.2) is 17.0 Å². The van der Waals surface area contributed by atoms with Gasteiger partial charge in [-0.15, -0.1) is 0 Å². The zero-order chi connectivity index (χ0) is 14.8. The van der Waals surface area contributed by atoms with Crippen molar-refractivity contribution in [2.75, 3.05) is 26.3 Å². The SMILES string of the molecule is Cc1c(F)cc(CN)cc1S(=O)(=O)N1CCCOCC1. The topological polar surface area (TPSA) is 72.6 Å². The predicted molar refractivity (Wildman–Crippen MR) is 73.2 cm³/mol. The second-order valence-electron chi connectivity index (χ2n) is 4.77. The average Bonchev–Trinajstić information content (AvgIpc) is 2.70. The molecule has 2 N–H and O–H groups in total. The second-order valence-corrected chi connectivity index (χ2v) is 6.68. The zero-order valence-corrected chi connectivity index (χ0v) is 12.2. The first kappa shape index (κ1) is 15.4. The molecule has 20 heavy (non-hydrogen) atoms. The van der Waals surface area contributed by atoms with Crippen LogP contribution < -0.4 is 5.73 Å². The summed E-state index contributed by atoms with van der Waals surface area (Å²) in [5.74, 6) is -0.544. The van der Waals surface area contributed by atoms with Gasteiger partial charge in [-0.2, -0.15) is 4.31 Å². The van der Waals surface area contributed by atoms with Crippen molar-refractivity contribution in [3.05, 3.63) is 29.1 Å². The molecule has 1 aliphatic rings. The number of sulfonamides is 1. The molecular formula is C13H19FN2O3S. The largest absolute Gasteiger partial charge is 0.380 e. The highest BCUT2D eigenvalue weighted by atomic mass is 32.2. The van der Waals surface area contributed by atoms with Gasteiger partial charge in [0.05, 0.1) is 11.5 Å². The number of nitrogens with two attached hydrogens (primary N) is 1. The standard InChI is InChI=1S/C13H19FN2O3S/c1-10-12(14)7-11(9-15)8-13(10)20(17,18)16-3-2-5-19-6-4-16/h7-8H,2-6,9,15H2,1H3. The van der Waals surface area contributed by atoms with Crippen molar-refractivity contribution < 1.29 is 17.5 Å². The molecule has 5 nitrogen and oxygen atoms in total. The first-order valence-corrected chi connectivity index (χ1v) is 7.98. The summed E-state index contributed by atoms with van der Waals surface area (Å²) in [5, 5.41) is 0. The second kappa shape index (κ2) is 6.17. The summed E-state index contributed by atoms with van der Waals surface area (Å²) in [5.41, 5.74) is 6.09. The molecule has 1 heterocycles. The van der Waals surface area contributed by atoms with Gasteiger partial charge < -0.3 is 10.5 Å². The summed E-state index contributed by atoms with van der Waals surface area (Å²) in [6, 6.07) is 2.74. The number of rotatable bonds is 3. The molecule has 1 fully saturated rings. The van der Waals surface area contributed by atoms with Gasteiger partial charge >= 0.3 is 0 Å². The van der Waals surface area contributed by atoms with Gasteiger partial charge in [-0.25, -0.2) is 12.8 Å². The molecule has 0 aliphatic carbocycles. The highest BCUT2D eigenvalue weighted by Gasteiger charge is 2.28. The molecule has 0 atom stereocenters. The molecule has 0 radical (unpaired) electrons. The van der Waals surface area contributed by atoms with Crippen LogP contribution in [0.3, 0.4) is 0 Å². The Bertz CT molecular complexity index is 582. The maximum atomic E-state index is 13.8. The van der Waals surface area contributed by atoms with Crippen LogP contribution >= 0.6 is 0 Å². The highest BCUT2D eigenvalue weighted by molar-refractivity contribution is 7.89. The fraction of sp³-hybridized carbons (Fsp3) is 0.538. The summed E-state index contributed by atoms with van der Waals surface area (Å²) in [6.45, 7) is 3.14. The molecule has 112 valence electrons. The smallest absolute Gasteiger partial charge is 0.243 e. The Morgan fingerprint density at radius 2 is 2.10 bits per heavy atom. The molecule has 0 saturated carbocycles. The monoisotopic (exact) mass is 302 g/mol. The third kappa shape index (κ3) is 3.01. The number of halogens is 1. The quantitative estimate of drug-likeness (QED) is 0.904. The summed E-state index contributed by atoms with van der Waals surface area (Å²) < 4.78 is 45.7. The van der Waals surface area contributed by atoms with Crippen molar-refractivity contribution in [2.24, 2.45) is 5.73 Å². The minimum absolute atomic E-state index is 0.000139. The number of ether oxygens (including phenoxy) is 1. The van der Waals surface area contributed by atoms with Gasteiger partial charge in [-0.1, -0.05) is 0 Å². The molecule has 2 rings (SSSR count). The number of hydrogen-bond acceptors (Lipinski definition) is 4. The lowest BCUT2D eigenvalue weighted by Crippen LogP contribution is -2.34. The fourth-order valence-corrected chi connectivity index (χ4v) is 3.94. The molecule has 0 spiro atoms. The third-order valence-electron chi connectivity index (χ3n) is 3.39. The fourth-order valence-electron chi connectivity index (χ4n) is 2.20. The minimum Gasteiger partial charge on any atom is -0.380 e.